The third kappa shape index (κ3) is 1.40. The number of nitrogens with one attached hydrogen (secondary N) is 1. The van der Waals surface area contributed by atoms with Crippen LogP contribution in [-0.2, 0) is 0 Å². The Morgan fingerprint density at radius 3 is 2.35 bits per heavy atom. The van der Waals surface area contributed by atoms with E-state index in [1.165, 1.54) is 6.20 Å². The van der Waals surface area contributed by atoms with Crippen molar-refractivity contribution in [2.24, 2.45) is 0 Å². The maximum atomic E-state index is 11.6. The lowest BCUT2D eigenvalue weighted by atomic mass is 10.2. The molecule has 1 N–H and O–H groups in total. The van der Waals surface area contributed by atoms with Crippen LogP contribution in [-0.4, -0.2) is 21.2 Å². The van der Waals surface area contributed by atoms with E-state index in [1.807, 2.05) is 12.1 Å². The van der Waals surface area contributed by atoms with Crippen LogP contribution in [0.15, 0.2) is 35.3 Å². The minimum Gasteiger partial charge on any atom is -0.326 e. The third-order valence-corrected chi connectivity index (χ3v) is 2.54. The van der Waals surface area contributed by atoms with Crippen LogP contribution in [0.5, 0.6) is 0 Å². The van der Waals surface area contributed by atoms with Crippen molar-refractivity contribution in [3.05, 3.63) is 46.4 Å². The molecule has 0 radical (unpaired) electrons. The molecule has 3 aromatic rings. The molecule has 5 heteroatoms. The fraction of sp³-hybridized carbons (Fsp3) is 0. The van der Waals surface area contributed by atoms with Crippen molar-refractivity contribution >= 4 is 28.4 Å². The normalized spacial score (nSPS) is 10.8. The lowest BCUT2D eigenvalue weighted by Gasteiger charge is -2.01. The summed E-state index contributed by atoms with van der Waals surface area (Å²) < 4.78 is 0. The molecule has 2 heterocycles. The molecule has 0 saturated carbocycles. The molecule has 0 aliphatic heterocycles. The highest BCUT2D eigenvalue weighted by Crippen LogP contribution is 2.14. The van der Waals surface area contributed by atoms with Gasteiger partial charge in [0, 0.05) is 6.20 Å². The quantitative estimate of drug-likeness (QED) is 0.500. The Bertz CT molecular complexity index is 792. The molecule has 0 aliphatic carbocycles. The Hall–Kier alpha value is -2.56. The number of benzene rings is 1. The van der Waals surface area contributed by atoms with Crippen LogP contribution in [0, 0.1) is 0 Å². The summed E-state index contributed by atoms with van der Waals surface area (Å²) in [6.45, 7) is 0. The van der Waals surface area contributed by atoms with Gasteiger partial charge in [-0.15, -0.1) is 0 Å². The van der Waals surface area contributed by atoms with Crippen LogP contribution in [0.4, 0.5) is 0 Å². The van der Waals surface area contributed by atoms with Gasteiger partial charge in [0.2, 0.25) is 0 Å². The van der Waals surface area contributed by atoms with Crippen LogP contribution < -0.4 is 5.56 Å². The highest BCUT2D eigenvalue weighted by Gasteiger charge is 2.08. The summed E-state index contributed by atoms with van der Waals surface area (Å²) in [6, 6.07) is 7.21. The van der Waals surface area contributed by atoms with E-state index >= 15 is 0 Å². The predicted molar refractivity (Wildman–Crippen MR) is 63.1 cm³/mol. The van der Waals surface area contributed by atoms with Crippen LogP contribution in [0.25, 0.3) is 22.1 Å². The van der Waals surface area contributed by atoms with Gasteiger partial charge in [-0.2, -0.15) is 0 Å². The molecule has 0 fully saturated rings. The summed E-state index contributed by atoms with van der Waals surface area (Å²) in [5, 5.41) is 0. The average molecular weight is 225 g/mol. The molecule has 0 spiro atoms. The molecule has 0 aliphatic rings. The van der Waals surface area contributed by atoms with E-state index in [1.54, 1.807) is 12.1 Å². The van der Waals surface area contributed by atoms with Gasteiger partial charge in [0.05, 0.1) is 16.6 Å². The average Bonchev–Trinajstić information content (AvgIpc) is 2.38. The SMILES string of the molecule is O=Cc1c[nH]c(=O)c2nc3ccccc3nc12. The molecule has 5 nitrogen and oxygen atoms in total. The van der Waals surface area contributed by atoms with E-state index in [4.69, 9.17) is 0 Å². The fourth-order valence-electron chi connectivity index (χ4n) is 1.73. The Balaban J connectivity index is 2.59. The maximum Gasteiger partial charge on any atom is 0.276 e. The van der Waals surface area contributed by atoms with Crippen LogP contribution in [0.3, 0.4) is 0 Å². The lowest BCUT2D eigenvalue weighted by Crippen LogP contribution is -2.10. The summed E-state index contributed by atoms with van der Waals surface area (Å²) in [7, 11) is 0. The van der Waals surface area contributed by atoms with Gasteiger partial charge in [0.1, 0.15) is 5.52 Å². The Morgan fingerprint density at radius 2 is 1.71 bits per heavy atom. The van der Waals surface area contributed by atoms with Crippen molar-refractivity contribution in [1.29, 1.82) is 0 Å². The second kappa shape index (κ2) is 3.48. The van der Waals surface area contributed by atoms with Gasteiger partial charge in [0.15, 0.2) is 11.8 Å². The van der Waals surface area contributed by atoms with Crippen molar-refractivity contribution in [2.45, 2.75) is 0 Å². The van der Waals surface area contributed by atoms with E-state index in [0.717, 1.165) is 0 Å². The number of carbonyl (C=O) groups is 1. The monoisotopic (exact) mass is 225 g/mol. The molecule has 3 rings (SSSR count). The number of aldehydes is 1. The van der Waals surface area contributed by atoms with E-state index in [2.05, 4.69) is 15.0 Å². The third-order valence-electron chi connectivity index (χ3n) is 2.54. The number of fused-ring (bicyclic) bond motifs is 2. The first-order valence-electron chi connectivity index (χ1n) is 5.03. The minimum absolute atomic E-state index is 0.188. The summed E-state index contributed by atoms with van der Waals surface area (Å²) in [5.74, 6) is 0. The highest BCUT2D eigenvalue weighted by molar-refractivity contribution is 5.96. The van der Waals surface area contributed by atoms with Gasteiger partial charge in [-0.3, -0.25) is 9.59 Å². The van der Waals surface area contributed by atoms with Gasteiger partial charge in [-0.05, 0) is 12.1 Å². The minimum atomic E-state index is -0.344. The molecular weight excluding hydrogens is 218 g/mol. The number of hydrogen-bond donors (Lipinski definition) is 1. The standard InChI is InChI=1S/C12H7N3O2/c16-6-7-5-13-12(17)11-10(7)14-8-3-1-2-4-9(8)15-11/h1-6H,(H,13,17). The number of H-pyrrole nitrogens is 1. The number of aromatic amines is 1. The second-order valence-electron chi connectivity index (χ2n) is 3.60. The van der Waals surface area contributed by atoms with Crippen LogP contribution >= 0.6 is 0 Å². The van der Waals surface area contributed by atoms with E-state index < -0.39 is 0 Å². The first-order valence-corrected chi connectivity index (χ1v) is 5.03. The first kappa shape index (κ1) is 9.65. The Labute approximate surface area is 95.1 Å². The second-order valence-corrected chi connectivity index (χ2v) is 3.60. The molecular formula is C12H7N3O2. The molecule has 0 atom stereocenters. The number of carbonyl (C=O) groups excluding carboxylic acids is 1. The number of pyridine rings is 1. The Morgan fingerprint density at radius 1 is 1.06 bits per heavy atom. The van der Waals surface area contributed by atoms with Crippen molar-refractivity contribution in [3.8, 4) is 0 Å². The number of nitrogens with zero attached hydrogens (tertiary/aromatic N) is 2. The predicted octanol–water partition coefficient (Wildman–Crippen LogP) is 1.28. The molecule has 17 heavy (non-hydrogen) atoms. The number of aromatic nitrogens is 3. The zero-order valence-corrected chi connectivity index (χ0v) is 8.68. The maximum absolute atomic E-state index is 11.6. The number of para-hydroxylation sites is 2. The largest absolute Gasteiger partial charge is 0.326 e. The molecule has 0 saturated heterocycles. The van der Waals surface area contributed by atoms with Crippen molar-refractivity contribution in [1.82, 2.24) is 15.0 Å². The van der Waals surface area contributed by atoms with Gasteiger partial charge < -0.3 is 4.98 Å². The Kier molecular flexibility index (Phi) is 1.98. The van der Waals surface area contributed by atoms with Gasteiger partial charge in [-0.25, -0.2) is 9.97 Å². The van der Waals surface area contributed by atoms with Crippen molar-refractivity contribution in [3.63, 3.8) is 0 Å². The number of rotatable bonds is 1. The summed E-state index contributed by atoms with van der Waals surface area (Å²) in [4.78, 5) is 33.5. The first-order chi connectivity index (χ1) is 8.29. The van der Waals surface area contributed by atoms with E-state index in [-0.39, 0.29) is 11.1 Å². The molecule has 0 amide bonds. The zero-order chi connectivity index (χ0) is 11.8. The smallest absolute Gasteiger partial charge is 0.276 e. The van der Waals surface area contributed by atoms with Crippen molar-refractivity contribution in [2.75, 3.05) is 0 Å². The van der Waals surface area contributed by atoms with Crippen LogP contribution in [0.2, 0.25) is 0 Å². The van der Waals surface area contributed by atoms with Gasteiger partial charge >= 0.3 is 0 Å². The van der Waals surface area contributed by atoms with Crippen LogP contribution in [0.1, 0.15) is 10.4 Å². The molecule has 0 bridgehead atoms. The van der Waals surface area contributed by atoms with Crippen molar-refractivity contribution < 1.29 is 4.79 Å². The fourth-order valence-corrected chi connectivity index (χ4v) is 1.73. The zero-order valence-electron chi connectivity index (χ0n) is 8.68. The molecule has 82 valence electrons. The topological polar surface area (TPSA) is 75.7 Å². The van der Waals surface area contributed by atoms with E-state index in [9.17, 15) is 9.59 Å². The molecule has 0 unspecified atom stereocenters. The molecule has 1 aromatic carbocycles. The lowest BCUT2D eigenvalue weighted by molar-refractivity contribution is 0.112. The highest BCUT2D eigenvalue weighted by atomic mass is 16.1. The van der Waals surface area contributed by atoms with Gasteiger partial charge in [-0.1, -0.05) is 12.1 Å². The summed E-state index contributed by atoms with van der Waals surface area (Å²) >= 11 is 0. The number of hydrogen-bond acceptors (Lipinski definition) is 4. The summed E-state index contributed by atoms with van der Waals surface area (Å²) in [6.07, 6.45) is 2.00. The summed E-state index contributed by atoms with van der Waals surface area (Å²) in [5.41, 5.74) is 1.81. The van der Waals surface area contributed by atoms with Gasteiger partial charge in [0.25, 0.3) is 5.56 Å². The molecule has 2 aromatic heterocycles. The van der Waals surface area contributed by atoms with E-state index in [0.29, 0.717) is 28.4 Å².